The topological polar surface area (TPSA) is 64.1 Å². The number of carbonyl (C=O) groups is 1. The molecule has 2 heterocycles. The lowest BCUT2D eigenvalue weighted by molar-refractivity contribution is 0.0525. The largest absolute Gasteiger partial charge is 0.462 e. The van der Waals surface area contributed by atoms with E-state index in [1.165, 1.54) is 29.9 Å². The van der Waals surface area contributed by atoms with Crippen molar-refractivity contribution in [1.82, 2.24) is 9.97 Å². The van der Waals surface area contributed by atoms with Crippen molar-refractivity contribution in [2.45, 2.75) is 38.6 Å². The van der Waals surface area contributed by atoms with Gasteiger partial charge in [-0.25, -0.2) is 14.8 Å². The molecule has 0 amide bonds. The van der Waals surface area contributed by atoms with Crippen molar-refractivity contribution in [3.63, 3.8) is 0 Å². The number of ether oxygens (including phenoxy) is 1. The van der Waals surface area contributed by atoms with E-state index in [0.717, 1.165) is 12.8 Å². The van der Waals surface area contributed by atoms with Crippen LogP contribution in [0.15, 0.2) is 23.2 Å². The summed E-state index contributed by atoms with van der Waals surface area (Å²) in [4.78, 5) is 20.2. The van der Waals surface area contributed by atoms with Gasteiger partial charge >= 0.3 is 5.97 Å². The van der Waals surface area contributed by atoms with Crippen molar-refractivity contribution in [1.29, 1.82) is 0 Å². The van der Waals surface area contributed by atoms with Crippen LogP contribution in [0.3, 0.4) is 0 Å². The lowest BCUT2D eigenvalue weighted by Gasteiger charge is -2.43. The first-order valence-electron chi connectivity index (χ1n) is 7.45. The third-order valence-corrected chi connectivity index (χ3v) is 4.95. The molecule has 6 heteroatoms. The van der Waals surface area contributed by atoms with Crippen LogP contribution in [0.4, 0.5) is 5.95 Å². The molecule has 2 aromatic heterocycles. The van der Waals surface area contributed by atoms with Crippen LogP contribution in [0.25, 0.3) is 0 Å². The molecule has 0 saturated heterocycles. The summed E-state index contributed by atoms with van der Waals surface area (Å²) in [5, 5.41) is 7.84. The van der Waals surface area contributed by atoms with Gasteiger partial charge in [-0.05, 0) is 55.0 Å². The number of anilines is 1. The van der Waals surface area contributed by atoms with Gasteiger partial charge in [0.1, 0.15) is 0 Å². The standard InChI is InChI=1S/C16H19N3O2S/c1-3-21-14(20)12-7-17-15(18-8-12)19-16(5-4-6-16)13-10-22-9-11(13)2/h7-10H,3-6H2,1-2H3,(H,17,18,19). The Kier molecular flexibility index (Phi) is 4.11. The fraction of sp³-hybridized carbons (Fsp3) is 0.438. The summed E-state index contributed by atoms with van der Waals surface area (Å²) in [6.45, 7) is 4.26. The lowest BCUT2D eigenvalue weighted by Crippen LogP contribution is -2.42. The summed E-state index contributed by atoms with van der Waals surface area (Å²) in [5.41, 5.74) is 2.96. The number of hydrogen-bond donors (Lipinski definition) is 1. The molecule has 22 heavy (non-hydrogen) atoms. The quantitative estimate of drug-likeness (QED) is 0.855. The van der Waals surface area contributed by atoms with Crippen molar-refractivity contribution in [2.24, 2.45) is 0 Å². The summed E-state index contributed by atoms with van der Waals surface area (Å²) in [6, 6.07) is 0. The summed E-state index contributed by atoms with van der Waals surface area (Å²) >= 11 is 1.72. The molecule has 1 aliphatic carbocycles. The highest BCUT2D eigenvalue weighted by Crippen LogP contribution is 2.45. The molecule has 1 fully saturated rings. The molecule has 2 aromatic rings. The number of thiophene rings is 1. The molecule has 0 aromatic carbocycles. The van der Waals surface area contributed by atoms with Crippen LogP contribution in [-0.2, 0) is 10.3 Å². The summed E-state index contributed by atoms with van der Waals surface area (Å²) in [6.07, 6.45) is 6.38. The van der Waals surface area contributed by atoms with Crippen LogP contribution >= 0.6 is 11.3 Å². The minimum absolute atomic E-state index is 0.0600. The molecule has 0 aliphatic heterocycles. The number of esters is 1. The number of nitrogens with zero attached hydrogens (tertiary/aromatic N) is 2. The summed E-state index contributed by atoms with van der Waals surface area (Å²) in [5.74, 6) is 0.166. The Hall–Kier alpha value is -1.95. The minimum Gasteiger partial charge on any atom is -0.462 e. The Bertz CT molecular complexity index is 662. The zero-order chi connectivity index (χ0) is 15.6. The van der Waals surface area contributed by atoms with Crippen molar-refractivity contribution in [3.05, 3.63) is 39.8 Å². The zero-order valence-electron chi connectivity index (χ0n) is 12.8. The zero-order valence-corrected chi connectivity index (χ0v) is 13.6. The molecule has 0 bridgehead atoms. The maximum atomic E-state index is 11.6. The second-order valence-electron chi connectivity index (χ2n) is 5.54. The normalized spacial score (nSPS) is 15.9. The van der Waals surface area contributed by atoms with Crippen molar-refractivity contribution >= 4 is 23.3 Å². The highest BCUT2D eigenvalue weighted by atomic mass is 32.1. The highest BCUT2D eigenvalue weighted by molar-refractivity contribution is 7.08. The maximum absolute atomic E-state index is 11.6. The number of carbonyl (C=O) groups excluding carboxylic acids is 1. The molecule has 0 radical (unpaired) electrons. The van der Waals surface area contributed by atoms with E-state index >= 15 is 0 Å². The van der Waals surface area contributed by atoms with Gasteiger partial charge in [-0.2, -0.15) is 11.3 Å². The van der Waals surface area contributed by atoms with Crippen LogP contribution in [-0.4, -0.2) is 22.5 Å². The van der Waals surface area contributed by atoms with Gasteiger partial charge in [0, 0.05) is 12.4 Å². The molecule has 0 unspecified atom stereocenters. The van der Waals surface area contributed by atoms with Gasteiger partial charge in [0.25, 0.3) is 0 Å². The van der Waals surface area contributed by atoms with Crippen LogP contribution in [0, 0.1) is 6.92 Å². The first-order valence-corrected chi connectivity index (χ1v) is 8.39. The number of nitrogens with one attached hydrogen (secondary N) is 1. The molecule has 1 aliphatic rings. The predicted octanol–water partition coefficient (Wildman–Crippen LogP) is 3.51. The van der Waals surface area contributed by atoms with E-state index in [0.29, 0.717) is 18.1 Å². The van der Waals surface area contributed by atoms with Crippen molar-refractivity contribution in [3.8, 4) is 0 Å². The van der Waals surface area contributed by atoms with Crippen LogP contribution in [0.2, 0.25) is 0 Å². The Balaban J connectivity index is 1.78. The molecular formula is C16H19N3O2S. The third kappa shape index (κ3) is 2.70. The van der Waals surface area contributed by atoms with E-state index in [1.807, 2.05) is 0 Å². The fourth-order valence-electron chi connectivity index (χ4n) is 2.77. The number of hydrogen-bond acceptors (Lipinski definition) is 6. The van der Waals surface area contributed by atoms with E-state index in [4.69, 9.17) is 4.74 Å². The molecule has 1 N–H and O–H groups in total. The maximum Gasteiger partial charge on any atom is 0.341 e. The first kappa shape index (κ1) is 15.0. The smallest absolute Gasteiger partial charge is 0.341 e. The monoisotopic (exact) mass is 317 g/mol. The SMILES string of the molecule is CCOC(=O)c1cnc(NC2(c3cscc3C)CCC2)nc1. The van der Waals surface area contributed by atoms with E-state index in [-0.39, 0.29) is 11.5 Å². The van der Waals surface area contributed by atoms with E-state index in [2.05, 4.69) is 33.0 Å². The molecule has 0 spiro atoms. The highest BCUT2D eigenvalue weighted by Gasteiger charge is 2.40. The van der Waals surface area contributed by atoms with Crippen molar-refractivity contribution in [2.75, 3.05) is 11.9 Å². The van der Waals surface area contributed by atoms with Crippen LogP contribution in [0.1, 0.15) is 47.7 Å². The fourth-order valence-corrected chi connectivity index (χ4v) is 3.72. The van der Waals surface area contributed by atoms with E-state index < -0.39 is 0 Å². The molecule has 3 rings (SSSR count). The van der Waals surface area contributed by atoms with Gasteiger partial charge in [-0.15, -0.1) is 0 Å². The Labute approximate surface area is 133 Å². The average Bonchev–Trinajstić information content (AvgIpc) is 2.90. The molecular weight excluding hydrogens is 298 g/mol. The second kappa shape index (κ2) is 6.04. The van der Waals surface area contributed by atoms with E-state index in [9.17, 15) is 4.79 Å². The average molecular weight is 317 g/mol. The van der Waals surface area contributed by atoms with Gasteiger partial charge in [0.2, 0.25) is 5.95 Å². The number of rotatable bonds is 5. The Morgan fingerprint density at radius 2 is 2.09 bits per heavy atom. The lowest BCUT2D eigenvalue weighted by atomic mass is 9.71. The number of aryl methyl sites for hydroxylation is 1. The molecule has 5 nitrogen and oxygen atoms in total. The predicted molar refractivity (Wildman–Crippen MR) is 86.2 cm³/mol. The second-order valence-corrected chi connectivity index (χ2v) is 6.29. The Morgan fingerprint density at radius 1 is 1.36 bits per heavy atom. The van der Waals surface area contributed by atoms with Crippen LogP contribution < -0.4 is 5.32 Å². The first-order chi connectivity index (χ1) is 10.6. The minimum atomic E-state index is -0.388. The van der Waals surface area contributed by atoms with Gasteiger partial charge in [0.05, 0.1) is 17.7 Å². The summed E-state index contributed by atoms with van der Waals surface area (Å²) in [7, 11) is 0. The molecule has 1 saturated carbocycles. The van der Waals surface area contributed by atoms with Crippen LogP contribution in [0.5, 0.6) is 0 Å². The summed E-state index contributed by atoms with van der Waals surface area (Å²) < 4.78 is 4.94. The number of aromatic nitrogens is 2. The third-order valence-electron chi connectivity index (χ3n) is 4.09. The van der Waals surface area contributed by atoms with Gasteiger partial charge < -0.3 is 10.1 Å². The van der Waals surface area contributed by atoms with E-state index in [1.54, 1.807) is 18.3 Å². The molecule has 0 atom stereocenters. The van der Waals surface area contributed by atoms with Gasteiger partial charge in [0.15, 0.2) is 0 Å². The van der Waals surface area contributed by atoms with Gasteiger partial charge in [-0.3, -0.25) is 0 Å². The Morgan fingerprint density at radius 3 is 2.59 bits per heavy atom. The van der Waals surface area contributed by atoms with Gasteiger partial charge in [-0.1, -0.05) is 0 Å². The molecule has 116 valence electrons. The van der Waals surface area contributed by atoms with Crippen molar-refractivity contribution < 1.29 is 9.53 Å².